The zero-order valence-electron chi connectivity index (χ0n) is 12.6. The molecule has 0 radical (unpaired) electrons. The number of para-hydroxylation sites is 1. The molecule has 1 heterocycles. The molecule has 0 aliphatic heterocycles. The molecule has 1 aromatic heterocycles. The molecule has 0 fully saturated rings. The monoisotopic (exact) mass is 291 g/mol. The van der Waals surface area contributed by atoms with Crippen molar-refractivity contribution in [3.63, 3.8) is 0 Å². The summed E-state index contributed by atoms with van der Waals surface area (Å²) in [6, 6.07) is 17.3. The average Bonchev–Trinajstić information content (AvgIpc) is 2.54. The molecule has 2 aromatic carbocycles. The number of rotatable bonds is 3. The molecule has 0 bridgehead atoms. The Morgan fingerprint density at radius 1 is 1.00 bits per heavy atom. The Bertz CT molecular complexity index is 815. The van der Waals surface area contributed by atoms with Crippen LogP contribution in [0.25, 0.3) is 10.9 Å². The number of aryl methyl sites for hydroxylation is 1. The fourth-order valence-corrected chi connectivity index (χ4v) is 2.46. The minimum atomic E-state index is -0.182. The summed E-state index contributed by atoms with van der Waals surface area (Å²) in [7, 11) is 0. The highest BCUT2D eigenvalue weighted by molar-refractivity contribution is 6.04. The second-order valence-electron chi connectivity index (χ2n) is 5.24. The molecule has 0 saturated carbocycles. The molecule has 0 spiro atoms. The van der Waals surface area contributed by atoms with Gasteiger partial charge >= 0.3 is 0 Å². The van der Waals surface area contributed by atoms with E-state index >= 15 is 0 Å². The third-order valence-corrected chi connectivity index (χ3v) is 3.58. The first-order valence-electron chi connectivity index (χ1n) is 7.24. The Labute approximate surface area is 129 Å². The van der Waals surface area contributed by atoms with E-state index in [1.165, 1.54) is 0 Å². The van der Waals surface area contributed by atoms with Crippen molar-refractivity contribution in [2.45, 2.75) is 19.9 Å². The van der Waals surface area contributed by atoms with Crippen LogP contribution in [0.2, 0.25) is 0 Å². The van der Waals surface area contributed by atoms with E-state index in [0.29, 0.717) is 11.5 Å². The number of carbonyl (C=O) groups is 1. The second-order valence-corrected chi connectivity index (χ2v) is 5.24. The Morgan fingerprint density at radius 2 is 1.68 bits per heavy atom. The Kier molecular flexibility index (Phi) is 3.83. The number of hydrogen-bond donors (Lipinski definition) is 1. The van der Waals surface area contributed by atoms with E-state index in [4.69, 9.17) is 0 Å². The van der Waals surface area contributed by atoms with Crippen LogP contribution in [0, 0.1) is 6.92 Å². The molecular formula is C18H17N3O. The van der Waals surface area contributed by atoms with Crippen LogP contribution in [-0.2, 0) is 0 Å². The maximum Gasteiger partial charge on any atom is 0.271 e. The molecule has 1 N–H and O–H groups in total. The van der Waals surface area contributed by atoms with Gasteiger partial charge in [0, 0.05) is 5.39 Å². The minimum absolute atomic E-state index is 0.0808. The van der Waals surface area contributed by atoms with E-state index < -0.39 is 0 Å². The maximum atomic E-state index is 12.6. The van der Waals surface area contributed by atoms with Gasteiger partial charge in [0.05, 0.1) is 11.6 Å². The lowest BCUT2D eigenvalue weighted by molar-refractivity contribution is 0.0936. The fourth-order valence-electron chi connectivity index (χ4n) is 2.46. The lowest BCUT2D eigenvalue weighted by Crippen LogP contribution is -2.28. The number of carbonyl (C=O) groups excluding carboxylic acids is 1. The highest BCUT2D eigenvalue weighted by Gasteiger charge is 2.16. The van der Waals surface area contributed by atoms with Crippen molar-refractivity contribution >= 4 is 16.8 Å². The first-order chi connectivity index (χ1) is 10.6. The smallest absolute Gasteiger partial charge is 0.271 e. The van der Waals surface area contributed by atoms with E-state index in [1.54, 1.807) is 6.92 Å². The van der Waals surface area contributed by atoms with Gasteiger partial charge in [0.15, 0.2) is 0 Å². The van der Waals surface area contributed by atoms with Crippen LogP contribution in [0.1, 0.15) is 34.8 Å². The van der Waals surface area contributed by atoms with Gasteiger partial charge in [-0.05, 0) is 25.5 Å². The Morgan fingerprint density at radius 3 is 2.45 bits per heavy atom. The molecule has 1 atom stereocenters. The summed E-state index contributed by atoms with van der Waals surface area (Å²) in [5, 5.41) is 3.77. The number of aromatic nitrogens is 2. The molecule has 0 aliphatic rings. The molecule has 3 aromatic rings. The van der Waals surface area contributed by atoms with Crippen molar-refractivity contribution in [2.24, 2.45) is 0 Å². The van der Waals surface area contributed by atoms with Gasteiger partial charge in [-0.15, -0.1) is 0 Å². The lowest BCUT2D eigenvalue weighted by atomic mass is 10.1. The SMILES string of the molecule is Cc1nc(C(=O)NC(C)c2ccccc2)c2ccccc2n1. The normalized spacial score (nSPS) is 12.1. The standard InChI is InChI=1S/C18H17N3O/c1-12(14-8-4-3-5-9-14)19-18(22)17-15-10-6-7-11-16(15)20-13(2)21-17/h3-12H,1-2H3,(H,19,22). The molecule has 3 rings (SSSR count). The molecule has 4 heteroatoms. The van der Waals surface area contributed by atoms with E-state index in [9.17, 15) is 4.79 Å². The number of fused-ring (bicyclic) bond motifs is 1. The van der Waals surface area contributed by atoms with Gasteiger partial charge in [-0.1, -0.05) is 48.5 Å². The largest absolute Gasteiger partial charge is 0.344 e. The molecule has 110 valence electrons. The van der Waals surface area contributed by atoms with Crippen LogP contribution in [0.4, 0.5) is 0 Å². The van der Waals surface area contributed by atoms with Gasteiger partial charge in [-0.25, -0.2) is 9.97 Å². The predicted octanol–water partition coefficient (Wildman–Crippen LogP) is 3.43. The van der Waals surface area contributed by atoms with Crippen LogP contribution in [0.5, 0.6) is 0 Å². The van der Waals surface area contributed by atoms with Gasteiger partial charge < -0.3 is 5.32 Å². The van der Waals surface area contributed by atoms with Gasteiger partial charge in [0.1, 0.15) is 11.5 Å². The Hall–Kier alpha value is -2.75. The minimum Gasteiger partial charge on any atom is -0.344 e. The lowest BCUT2D eigenvalue weighted by Gasteiger charge is -2.15. The van der Waals surface area contributed by atoms with Crippen molar-refractivity contribution in [3.05, 3.63) is 71.7 Å². The van der Waals surface area contributed by atoms with E-state index in [1.807, 2.05) is 61.5 Å². The number of hydrogen-bond acceptors (Lipinski definition) is 3. The highest BCUT2D eigenvalue weighted by Crippen LogP contribution is 2.17. The van der Waals surface area contributed by atoms with Crippen molar-refractivity contribution in [2.75, 3.05) is 0 Å². The molecule has 4 nitrogen and oxygen atoms in total. The van der Waals surface area contributed by atoms with Crippen LogP contribution in [0.3, 0.4) is 0 Å². The molecule has 22 heavy (non-hydrogen) atoms. The van der Waals surface area contributed by atoms with Crippen molar-refractivity contribution in [1.29, 1.82) is 0 Å². The van der Waals surface area contributed by atoms with Gasteiger partial charge in [-0.3, -0.25) is 4.79 Å². The number of nitrogens with one attached hydrogen (secondary N) is 1. The summed E-state index contributed by atoms with van der Waals surface area (Å²) in [6.45, 7) is 3.76. The molecule has 0 aliphatic carbocycles. The zero-order valence-corrected chi connectivity index (χ0v) is 12.6. The third kappa shape index (κ3) is 2.81. The van der Waals surface area contributed by atoms with Crippen LogP contribution in [0.15, 0.2) is 54.6 Å². The van der Waals surface area contributed by atoms with Crippen LogP contribution < -0.4 is 5.32 Å². The summed E-state index contributed by atoms with van der Waals surface area (Å²) < 4.78 is 0. The third-order valence-electron chi connectivity index (χ3n) is 3.58. The summed E-state index contributed by atoms with van der Waals surface area (Å²) in [4.78, 5) is 21.3. The fraction of sp³-hybridized carbons (Fsp3) is 0.167. The van der Waals surface area contributed by atoms with E-state index in [0.717, 1.165) is 16.5 Å². The first-order valence-corrected chi connectivity index (χ1v) is 7.24. The van der Waals surface area contributed by atoms with Crippen LogP contribution >= 0.6 is 0 Å². The molecule has 1 amide bonds. The predicted molar refractivity (Wildman–Crippen MR) is 86.6 cm³/mol. The highest BCUT2D eigenvalue weighted by atomic mass is 16.1. The molecule has 0 saturated heterocycles. The van der Waals surface area contributed by atoms with Crippen molar-refractivity contribution in [1.82, 2.24) is 15.3 Å². The summed E-state index contributed by atoms with van der Waals surface area (Å²) in [6.07, 6.45) is 0. The number of nitrogens with zero attached hydrogens (tertiary/aromatic N) is 2. The number of benzene rings is 2. The quantitative estimate of drug-likeness (QED) is 0.804. The van der Waals surface area contributed by atoms with Crippen molar-refractivity contribution < 1.29 is 4.79 Å². The summed E-state index contributed by atoms with van der Waals surface area (Å²) in [5.74, 6) is 0.411. The second kappa shape index (κ2) is 5.93. The van der Waals surface area contributed by atoms with E-state index in [2.05, 4.69) is 15.3 Å². The van der Waals surface area contributed by atoms with Gasteiger partial charge in [-0.2, -0.15) is 0 Å². The van der Waals surface area contributed by atoms with Crippen LogP contribution in [-0.4, -0.2) is 15.9 Å². The average molecular weight is 291 g/mol. The maximum absolute atomic E-state index is 12.6. The Balaban J connectivity index is 1.93. The number of amides is 1. The van der Waals surface area contributed by atoms with E-state index in [-0.39, 0.29) is 11.9 Å². The topological polar surface area (TPSA) is 54.9 Å². The first kappa shape index (κ1) is 14.2. The van der Waals surface area contributed by atoms with Gasteiger partial charge in [0.2, 0.25) is 0 Å². The summed E-state index contributed by atoms with van der Waals surface area (Å²) in [5.41, 5.74) is 2.27. The van der Waals surface area contributed by atoms with Crippen molar-refractivity contribution in [3.8, 4) is 0 Å². The molecular weight excluding hydrogens is 274 g/mol. The summed E-state index contributed by atoms with van der Waals surface area (Å²) >= 11 is 0. The zero-order chi connectivity index (χ0) is 15.5. The van der Waals surface area contributed by atoms with Gasteiger partial charge in [0.25, 0.3) is 5.91 Å². The molecule has 1 unspecified atom stereocenters.